The molecule has 1 aromatic heterocycles. The number of fused-ring (bicyclic) bond motifs is 1. The van der Waals surface area contributed by atoms with E-state index in [9.17, 15) is 0 Å². The van der Waals surface area contributed by atoms with Gasteiger partial charge in [0.1, 0.15) is 11.6 Å². The summed E-state index contributed by atoms with van der Waals surface area (Å²) in [5.74, 6) is 2.04. The Morgan fingerprint density at radius 1 is 1.30 bits per heavy atom. The molecule has 106 valence electrons. The SMILES string of the molecule is CCCCc1nn(-c2ccc(OC)cc2)c2c1CCN2. The van der Waals surface area contributed by atoms with Gasteiger partial charge < -0.3 is 10.1 Å². The summed E-state index contributed by atoms with van der Waals surface area (Å²) in [6.07, 6.45) is 4.57. The van der Waals surface area contributed by atoms with Gasteiger partial charge in [0.15, 0.2) is 0 Å². The van der Waals surface area contributed by atoms with Crippen LogP contribution in [-0.4, -0.2) is 23.4 Å². The first-order valence-corrected chi connectivity index (χ1v) is 7.32. The fourth-order valence-electron chi connectivity index (χ4n) is 2.70. The van der Waals surface area contributed by atoms with Gasteiger partial charge in [0.2, 0.25) is 0 Å². The van der Waals surface area contributed by atoms with Gasteiger partial charge >= 0.3 is 0 Å². The quantitative estimate of drug-likeness (QED) is 0.907. The van der Waals surface area contributed by atoms with Crippen molar-refractivity contribution < 1.29 is 4.74 Å². The molecule has 0 saturated carbocycles. The Balaban J connectivity index is 1.96. The van der Waals surface area contributed by atoms with Crippen molar-refractivity contribution in [2.24, 2.45) is 0 Å². The van der Waals surface area contributed by atoms with Crippen molar-refractivity contribution in [2.45, 2.75) is 32.6 Å². The lowest BCUT2D eigenvalue weighted by Crippen LogP contribution is -2.05. The first-order valence-electron chi connectivity index (χ1n) is 7.32. The molecule has 0 saturated heterocycles. The number of aromatic nitrogens is 2. The van der Waals surface area contributed by atoms with Crippen LogP contribution in [0.15, 0.2) is 24.3 Å². The molecular weight excluding hydrogens is 250 g/mol. The molecule has 0 bridgehead atoms. The van der Waals surface area contributed by atoms with E-state index in [2.05, 4.69) is 24.4 Å². The van der Waals surface area contributed by atoms with E-state index in [0.29, 0.717) is 0 Å². The molecule has 1 aromatic carbocycles. The maximum absolute atomic E-state index is 5.21. The molecule has 4 nitrogen and oxygen atoms in total. The van der Waals surface area contributed by atoms with Crippen LogP contribution < -0.4 is 10.1 Å². The number of nitrogens with zero attached hydrogens (tertiary/aromatic N) is 2. The molecule has 0 amide bonds. The Morgan fingerprint density at radius 3 is 2.80 bits per heavy atom. The first-order chi connectivity index (χ1) is 9.83. The third-order valence-electron chi connectivity index (χ3n) is 3.82. The summed E-state index contributed by atoms with van der Waals surface area (Å²) in [5, 5.41) is 8.27. The summed E-state index contributed by atoms with van der Waals surface area (Å²) in [5.41, 5.74) is 3.73. The van der Waals surface area contributed by atoms with Gasteiger partial charge in [0.05, 0.1) is 18.5 Å². The highest BCUT2D eigenvalue weighted by molar-refractivity contribution is 5.57. The monoisotopic (exact) mass is 271 g/mol. The summed E-state index contributed by atoms with van der Waals surface area (Å²) in [7, 11) is 1.69. The summed E-state index contributed by atoms with van der Waals surface area (Å²) in [6.45, 7) is 3.24. The lowest BCUT2D eigenvalue weighted by Gasteiger charge is -2.07. The zero-order valence-corrected chi connectivity index (χ0v) is 12.1. The zero-order valence-electron chi connectivity index (χ0n) is 12.1. The van der Waals surface area contributed by atoms with E-state index in [4.69, 9.17) is 9.84 Å². The Kier molecular flexibility index (Phi) is 3.63. The van der Waals surface area contributed by atoms with Gasteiger partial charge in [-0.25, -0.2) is 4.68 Å². The highest BCUT2D eigenvalue weighted by Crippen LogP contribution is 2.30. The number of benzene rings is 1. The number of rotatable bonds is 5. The Labute approximate surface area is 119 Å². The van der Waals surface area contributed by atoms with Crippen LogP contribution in [0.4, 0.5) is 5.82 Å². The number of anilines is 1. The van der Waals surface area contributed by atoms with E-state index in [1.54, 1.807) is 7.11 Å². The topological polar surface area (TPSA) is 39.1 Å². The molecule has 4 heteroatoms. The van der Waals surface area contributed by atoms with Crippen LogP contribution in [0.2, 0.25) is 0 Å². The van der Waals surface area contributed by atoms with E-state index in [0.717, 1.165) is 30.8 Å². The number of hydrogen-bond acceptors (Lipinski definition) is 3. The van der Waals surface area contributed by atoms with Crippen molar-refractivity contribution in [1.29, 1.82) is 0 Å². The minimum atomic E-state index is 0.872. The minimum Gasteiger partial charge on any atom is -0.497 e. The molecular formula is C16H21N3O. The molecule has 0 unspecified atom stereocenters. The average Bonchev–Trinajstić information content (AvgIpc) is 3.08. The number of nitrogens with one attached hydrogen (secondary N) is 1. The molecule has 2 aromatic rings. The van der Waals surface area contributed by atoms with Crippen molar-refractivity contribution in [3.8, 4) is 11.4 Å². The minimum absolute atomic E-state index is 0.872. The van der Waals surface area contributed by atoms with Crippen molar-refractivity contribution in [1.82, 2.24) is 9.78 Å². The van der Waals surface area contributed by atoms with Crippen LogP contribution in [0.3, 0.4) is 0 Å². The molecule has 2 heterocycles. The van der Waals surface area contributed by atoms with Crippen LogP contribution in [0.25, 0.3) is 5.69 Å². The fraction of sp³-hybridized carbons (Fsp3) is 0.438. The Morgan fingerprint density at radius 2 is 2.10 bits per heavy atom. The molecule has 0 spiro atoms. The van der Waals surface area contributed by atoms with Crippen molar-refractivity contribution >= 4 is 5.82 Å². The van der Waals surface area contributed by atoms with Crippen LogP contribution in [0.5, 0.6) is 5.75 Å². The lowest BCUT2D eigenvalue weighted by molar-refractivity contribution is 0.414. The van der Waals surface area contributed by atoms with Crippen molar-refractivity contribution in [3.63, 3.8) is 0 Å². The molecule has 1 aliphatic heterocycles. The van der Waals surface area contributed by atoms with Crippen LogP contribution >= 0.6 is 0 Å². The van der Waals surface area contributed by atoms with Crippen LogP contribution in [-0.2, 0) is 12.8 Å². The Hall–Kier alpha value is -1.97. The van der Waals surface area contributed by atoms with E-state index in [1.165, 1.54) is 29.9 Å². The number of unbranched alkanes of at least 4 members (excludes halogenated alkanes) is 1. The number of ether oxygens (including phenoxy) is 1. The number of hydrogen-bond donors (Lipinski definition) is 1. The molecule has 0 radical (unpaired) electrons. The van der Waals surface area contributed by atoms with Gasteiger partial charge in [-0.15, -0.1) is 0 Å². The van der Waals surface area contributed by atoms with E-state index in [-0.39, 0.29) is 0 Å². The third kappa shape index (κ3) is 2.26. The highest BCUT2D eigenvalue weighted by atomic mass is 16.5. The zero-order chi connectivity index (χ0) is 13.9. The van der Waals surface area contributed by atoms with E-state index >= 15 is 0 Å². The first kappa shape index (κ1) is 13.0. The Bertz CT molecular complexity index is 587. The van der Waals surface area contributed by atoms with Crippen molar-refractivity contribution in [3.05, 3.63) is 35.5 Å². The molecule has 0 aliphatic carbocycles. The largest absolute Gasteiger partial charge is 0.497 e. The van der Waals surface area contributed by atoms with Gasteiger partial charge in [-0.05, 0) is 43.5 Å². The predicted octanol–water partition coefficient (Wildman–Crippen LogP) is 3.19. The predicted molar refractivity (Wildman–Crippen MR) is 80.9 cm³/mol. The maximum Gasteiger partial charge on any atom is 0.133 e. The third-order valence-corrected chi connectivity index (χ3v) is 3.82. The van der Waals surface area contributed by atoms with Crippen LogP contribution in [0.1, 0.15) is 31.0 Å². The van der Waals surface area contributed by atoms with Gasteiger partial charge in [-0.1, -0.05) is 13.3 Å². The molecule has 20 heavy (non-hydrogen) atoms. The second-order valence-corrected chi connectivity index (χ2v) is 5.16. The number of aryl methyl sites for hydroxylation is 1. The van der Waals surface area contributed by atoms with E-state index in [1.807, 2.05) is 16.8 Å². The van der Waals surface area contributed by atoms with Crippen LogP contribution in [0, 0.1) is 0 Å². The summed E-state index contributed by atoms with van der Waals surface area (Å²) in [4.78, 5) is 0. The van der Waals surface area contributed by atoms with Gasteiger partial charge in [-0.2, -0.15) is 5.10 Å². The smallest absolute Gasteiger partial charge is 0.133 e. The maximum atomic E-state index is 5.21. The molecule has 0 atom stereocenters. The molecule has 0 fully saturated rings. The lowest BCUT2D eigenvalue weighted by atomic mass is 10.1. The molecule has 1 N–H and O–H groups in total. The normalized spacial score (nSPS) is 13.1. The standard InChI is InChI=1S/C16H21N3O/c1-3-4-5-15-14-10-11-17-16(14)19(18-15)12-6-8-13(20-2)9-7-12/h6-9,17H,3-5,10-11H2,1-2H3. The molecule has 3 rings (SSSR count). The molecule has 1 aliphatic rings. The summed E-state index contributed by atoms with van der Waals surface area (Å²) < 4.78 is 7.25. The number of methoxy groups -OCH3 is 1. The van der Waals surface area contributed by atoms with Gasteiger partial charge in [0, 0.05) is 12.1 Å². The average molecular weight is 271 g/mol. The van der Waals surface area contributed by atoms with Gasteiger partial charge in [0.25, 0.3) is 0 Å². The second kappa shape index (κ2) is 5.57. The summed E-state index contributed by atoms with van der Waals surface area (Å²) in [6, 6.07) is 8.06. The highest BCUT2D eigenvalue weighted by Gasteiger charge is 2.22. The summed E-state index contributed by atoms with van der Waals surface area (Å²) >= 11 is 0. The fourth-order valence-corrected chi connectivity index (χ4v) is 2.70. The van der Waals surface area contributed by atoms with Crippen molar-refractivity contribution in [2.75, 3.05) is 19.0 Å². The van der Waals surface area contributed by atoms with Gasteiger partial charge in [-0.3, -0.25) is 0 Å². The van der Waals surface area contributed by atoms with E-state index < -0.39 is 0 Å². The second-order valence-electron chi connectivity index (χ2n) is 5.16.